The van der Waals surface area contributed by atoms with Crippen molar-refractivity contribution in [2.45, 2.75) is 19.4 Å². The number of aromatic amines is 1. The fourth-order valence-corrected chi connectivity index (χ4v) is 2.15. The lowest BCUT2D eigenvalue weighted by Gasteiger charge is -2.16. The molecule has 8 heteroatoms. The molecule has 0 amide bonds. The number of pyridine rings is 1. The molecule has 2 N–H and O–H groups in total. The van der Waals surface area contributed by atoms with Crippen molar-refractivity contribution in [3.8, 4) is 0 Å². The predicted octanol–water partition coefficient (Wildman–Crippen LogP) is 3.04. The number of halogens is 1. The Balaban J connectivity index is 2.34. The molecule has 0 saturated heterocycles. The van der Waals surface area contributed by atoms with E-state index in [2.05, 4.69) is 36.2 Å². The fourth-order valence-electron chi connectivity index (χ4n) is 1.71. The molecule has 1 atom stereocenters. The average molecular weight is 326 g/mol. The van der Waals surface area contributed by atoms with E-state index in [0.29, 0.717) is 10.2 Å². The Hall–Kier alpha value is -1.96. The minimum absolute atomic E-state index is 0.0700. The zero-order chi connectivity index (χ0) is 13.8. The highest BCUT2D eigenvalue weighted by molar-refractivity contribution is 9.10. The van der Waals surface area contributed by atoms with Crippen molar-refractivity contribution >= 4 is 27.3 Å². The van der Waals surface area contributed by atoms with Gasteiger partial charge in [-0.05, 0) is 22.4 Å². The summed E-state index contributed by atoms with van der Waals surface area (Å²) in [5.41, 5.74) is 0.336. The van der Waals surface area contributed by atoms with Crippen molar-refractivity contribution in [2.24, 2.45) is 0 Å². The molecule has 0 bridgehead atoms. The van der Waals surface area contributed by atoms with Crippen LogP contribution in [-0.2, 0) is 0 Å². The maximum atomic E-state index is 11.0. The van der Waals surface area contributed by atoms with Crippen LogP contribution in [0.5, 0.6) is 0 Å². The second kappa shape index (κ2) is 5.79. The Morgan fingerprint density at radius 1 is 1.58 bits per heavy atom. The molecule has 0 saturated carbocycles. The van der Waals surface area contributed by atoms with Gasteiger partial charge in [-0.2, -0.15) is 0 Å². The molecule has 2 rings (SSSR count). The number of anilines is 1. The molecule has 100 valence electrons. The van der Waals surface area contributed by atoms with Crippen LogP contribution >= 0.6 is 15.9 Å². The van der Waals surface area contributed by atoms with Gasteiger partial charge in [0.05, 0.1) is 15.4 Å². The van der Waals surface area contributed by atoms with E-state index in [0.717, 1.165) is 12.2 Å². The van der Waals surface area contributed by atoms with Gasteiger partial charge in [-0.1, -0.05) is 6.92 Å². The van der Waals surface area contributed by atoms with Crippen molar-refractivity contribution in [3.63, 3.8) is 0 Å². The molecule has 2 heterocycles. The lowest BCUT2D eigenvalue weighted by molar-refractivity contribution is -0.384. The van der Waals surface area contributed by atoms with Crippen molar-refractivity contribution < 1.29 is 4.92 Å². The van der Waals surface area contributed by atoms with Gasteiger partial charge in [0.15, 0.2) is 0 Å². The van der Waals surface area contributed by atoms with Crippen LogP contribution in [0.1, 0.15) is 25.2 Å². The van der Waals surface area contributed by atoms with Crippen molar-refractivity contribution in [2.75, 3.05) is 5.32 Å². The number of nitrogens with zero attached hydrogens (tertiary/aromatic N) is 3. The molecule has 19 heavy (non-hydrogen) atoms. The van der Waals surface area contributed by atoms with Gasteiger partial charge in [0.1, 0.15) is 17.7 Å². The number of hydrogen-bond acceptors (Lipinski definition) is 5. The van der Waals surface area contributed by atoms with Crippen molar-refractivity contribution in [3.05, 3.63) is 45.2 Å². The van der Waals surface area contributed by atoms with Crippen molar-refractivity contribution in [1.82, 2.24) is 15.0 Å². The van der Waals surface area contributed by atoms with Gasteiger partial charge in [0, 0.05) is 18.6 Å². The first-order valence-electron chi connectivity index (χ1n) is 5.67. The Kier molecular flexibility index (Phi) is 4.10. The van der Waals surface area contributed by atoms with Crippen LogP contribution in [0.15, 0.2) is 29.3 Å². The van der Waals surface area contributed by atoms with Gasteiger partial charge in [0.25, 0.3) is 0 Å². The lowest BCUT2D eigenvalue weighted by Crippen LogP contribution is -2.13. The third-order valence-electron chi connectivity index (χ3n) is 2.65. The van der Waals surface area contributed by atoms with Gasteiger partial charge in [-0.25, -0.2) is 4.98 Å². The largest absolute Gasteiger partial charge is 0.369 e. The Morgan fingerprint density at radius 3 is 2.95 bits per heavy atom. The van der Waals surface area contributed by atoms with Crippen LogP contribution in [0.4, 0.5) is 11.4 Å². The maximum absolute atomic E-state index is 11.0. The minimum Gasteiger partial charge on any atom is -0.369 e. The summed E-state index contributed by atoms with van der Waals surface area (Å²) < 4.78 is 0.548. The Labute approximate surface area is 117 Å². The predicted molar refractivity (Wildman–Crippen MR) is 73.8 cm³/mol. The zero-order valence-electron chi connectivity index (χ0n) is 10.1. The van der Waals surface area contributed by atoms with Gasteiger partial charge < -0.3 is 10.3 Å². The van der Waals surface area contributed by atoms with E-state index in [1.165, 1.54) is 12.4 Å². The number of hydrogen-bond donors (Lipinski definition) is 2. The van der Waals surface area contributed by atoms with E-state index < -0.39 is 4.92 Å². The first-order valence-corrected chi connectivity index (χ1v) is 6.46. The summed E-state index contributed by atoms with van der Waals surface area (Å²) in [6, 6.07) is -0.132. The number of rotatable bonds is 5. The zero-order valence-corrected chi connectivity index (χ0v) is 11.7. The summed E-state index contributed by atoms with van der Waals surface area (Å²) in [6.07, 6.45) is 6.84. The molecule has 2 aromatic rings. The first-order chi connectivity index (χ1) is 9.13. The number of H-pyrrole nitrogens is 1. The van der Waals surface area contributed by atoms with E-state index >= 15 is 0 Å². The van der Waals surface area contributed by atoms with Crippen LogP contribution < -0.4 is 5.32 Å². The SMILES string of the molecule is CCC(Nc1c(Br)cncc1[N+](=O)[O-])c1ncc[nH]1. The summed E-state index contributed by atoms with van der Waals surface area (Å²) >= 11 is 3.28. The summed E-state index contributed by atoms with van der Waals surface area (Å²) in [5.74, 6) is 0.737. The van der Waals surface area contributed by atoms with Crippen LogP contribution in [0, 0.1) is 10.1 Å². The molecule has 0 spiro atoms. The molecule has 2 aromatic heterocycles. The smallest absolute Gasteiger partial charge is 0.311 e. The van der Waals surface area contributed by atoms with Gasteiger partial charge in [-0.15, -0.1) is 0 Å². The number of nitro groups is 1. The highest BCUT2D eigenvalue weighted by Gasteiger charge is 2.21. The minimum atomic E-state index is -0.463. The Bertz CT molecular complexity index is 572. The first kappa shape index (κ1) is 13.5. The van der Waals surface area contributed by atoms with E-state index in [-0.39, 0.29) is 11.7 Å². The second-order valence-corrected chi connectivity index (χ2v) is 4.71. The van der Waals surface area contributed by atoms with Gasteiger partial charge in [0.2, 0.25) is 0 Å². The summed E-state index contributed by atoms with van der Waals surface area (Å²) in [5, 5.41) is 14.1. The highest BCUT2D eigenvalue weighted by Crippen LogP contribution is 2.34. The van der Waals surface area contributed by atoms with Crippen LogP contribution in [0.25, 0.3) is 0 Å². The van der Waals surface area contributed by atoms with E-state index in [1.807, 2.05) is 6.92 Å². The highest BCUT2D eigenvalue weighted by atomic mass is 79.9. The van der Waals surface area contributed by atoms with Gasteiger partial charge in [-0.3, -0.25) is 15.1 Å². The average Bonchev–Trinajstić information content (AvgIpc) is 2.90. The fraction of sp³-hybridized carbons (Fsp3) is 0.273. The number of aromatic nitrogens is 3. The molecule has 0 fully saturated rings. The van der Waals surface area contributed by atoms with Crippen molar-refractivity contribution in [1.29, 1.82) is 0 Å². The molecule has 7 nitrogen and oxygen atoms in total. The van der Waals surface area contributed by atoms with Crippen LogP contribution in [-0.4, -0.2) is 19.9 Å². The summed E-state index contributed by atoms with van der Waals surface area (Å²) in [6.45, 7) is 1.97. The molecule has 0 aliphatic rings. The monoisotopic (exact) mass is 325 g/mol. The normalized spacial score (nSPS) is 12.1. The third-order valence-corrected chi connectivity index (χ3v) is 3.25. The molecule has 0 aliphatic heterocycles. The standard InChI is InChI=1S/C11H12BrN5O2/c1-2-8(11-14-3-4-15-11)16-10-7(12)5-13-6-9(10)17(18)19/h3-6,8H,2H2,1H3,(H,13,16)(H,14,15). The maximum Gasteiger partial charge on any atom is 0.311 e. The molecule has 1 unspecified atom stereocenters. The second-order valence-electron chi connectivity index (χ2n) is 3.85. The third kappa shape index (κ3) is 2.90. The summed E-state index contributed by atoms with van der Waals surface area (Å²) in [7, 11) is 0. The van der Waals surface area contributed by atoms with E-state index in [9.17, 15) is 10.1 Å². The summed E-state index contributed by atoms with van der Waals surface area (Å²) in [4.78, 5) is 21.5. The van der Waals surface area contributed by atoms with Crippen LogP contribution in [0.3, 0.4) is 0 Å². The number of imidazole rings is 1. The molecular weight excluding hydrogens is 314 g/mol. The quantitative estimate of drug-likeness (QED) is 0.650. The van der Waals surface area contributed by atoms with E-state index in [4.69, 9.17) is 0 Å². The lowest BCUT2D eigenvalue weighted by atomic mass is 10.2. The van der Waals surface area contributed by atoms with E-state index in [1.54, 1.807) is 12.4 Å². The number of nitrogens with one attached hydrogen (secondary N) is 2. The Morgan fingerprint density at radius 2 is 2.37 bits per heavy atom. The van der Waals surface area contributed by atoms with Crippen LogP contribution in [0.2, 0.25) is 0 Å². The molecular formula is C11H12BrN5O2. The molecule has 0 aliphatic carbocycles. The topological polar surface area (TPSA) is 96.7 Å². The molecule has 0 radical (unpaired) electrons. The molecule has 0 aromatic carbocycles. The van der Waals surface area contributed by atoms with Gasteiger partial charge >= 0.3 is 5.69 Å².